The van der Waals surface area contributed by atoms with E-state index in [4.69, 9.17) is 4.74 Å². The molecule has 2 aromatic rings. The molecule has 0 saturated heterocycles. The molecule has 2 aromatic carbocycles. The van der Waals surface area contributed by atoms with E-state index < -0.39 is 30.6 Å². The second kappa shape index (κ2) is 9.03. The van der Waals surface area contributed by atoms with E-state index in [-0.39, 0.29) is 13.0 Å². The van der Waals surface area contributed by atoms with Crippen molar-refractivity contribution < 1.29 is 32.2 Å². The number of benzene rings is 2. The molecule has 0 aliphatic carbocycles. The number of carbonyl (C=O) groups excluding carboxylic acids is 2. The Labute approximate surface area is 148 Å². The van der Waals surface area contributed by atoms with Crippen molar-refractivity contribution in [2.24, 2.45) is 5.92 Å². The van der Waals surface area contributed by atoms with E-state index in [0.717, 1.165) is 0 Å². The number of halogens is 3. The van der Waals surface area contributed by atoms with Gasteiger partial charge in [0.15, 0.2) is 12.5 Å². The highest BCUT2D eigenvalue weighted by atomic mass is 19.4. The van der Waals surface area contributed by atoms with Gasteiger partial charge in [-0.05, 0) is 17.5 Å². The van der Waals surface area contributed by atoms with Crippen molar-refractivity contribution in [2.75, 3.05) is 6.61 Å². The summed E-state index contributed by atoms with van der Waals surface area (Å²) in [6, 6.07) is 17.2. The second-order valence-electron chi connectivity index (χ2n) is 5.56. The third-order valence-corrected chi connectivity index (χ3v) is 3.45. The van der Waals surface area contributed by atoms with Gasteiger partial charge in [-0.1, -0.05) is 60.7 Å². The van der Waals surface area contributed by atoms with Gasteiger partial charge in [-0.2, -0.15) is 13.2 Å². The summed E-state index contributed by atoms with van der Waals surface area (Å²) in [5.74, 6) is -3.66. The molecule has 0 spiro atoms. The largest absolute Gasteiger partial charge is 0.460 e. The van der Waals surface area contributed by atoms with Gasteiger partial charge in [-0.15, -0.1) is 0 Å². The van der Waals surface area contributed by atoms with Gasteiger partial charge in [0.1, 0.15) is 6.61 Å². The Morgan fingerprint density at radius 1 is 0.808 bits per heavy atom. The molecule has 0 heterocycles. The van der Waals surface area contributed by atoms with Crippen LogP contribution in [0.25, 0.3) is 0 Å². The van der Waals surface area contributed by atoms with Crippen LogP contribution in [0.3, 0.4) is 0 Å². The minimum atomic E-state index is -4.67. The maximum Gasteiger partial charge on any atom is 0.422 e. The van der Waals surface area contributed by atoms with Gasteiger partial charge in [0, 0.05) is 0 Å². The number of alkyl halides is 3. The van der Waals surface area contributed by atoms with E-state index in [1.807, 2.05) is 0 Å². The van der Waals surface area contributed by atoms with Crippen LogP contribution in [0.1, 0.15) is 11.1 Å². The highest BCUT2D eigenvalue weighted by molar-refractivity contribution is 5.95. The lowest BCUT2D eigenvalue weighted by Crippen LogP contribution is -2.32. The Morgan fingerprint density at radius 3 is 1.85 bits per heavy atom. The predicted molar refractivity (Wildman–Crippen MR) is 86.9 cm³/mol. The fourth-order valence-corrected chi connectivity index (χ4v) is 2.20. The Bertz CT molecular complexity index is 715. The average Bonchev–Trinajstić information content (AvgIpc) is 2.63. The Kier molecular flexibility index (Phi) is 6.77. The zero-order valence-electron chi connectivity index (χ0n) is 13.7. The van der Waals surface area contributed by atoms with Crippen LogP contribution < -0.4 is 0 Å². The molecule has 1 atom stereocenters. The summed E-state index contributed by atoms with van der Waals surface area (Å²) in [4.78, 5) is 24.3. The Morgan fingerprint density at radius 2 is 1.31 bits per heavy atom. The van der Waals surface area contributed by atoms with Crippen LogP contribution >= 0.6 is 0 Å². The van der Waals surface area contributed by atoms with Crippen LogP contribution in [0.5, 0.6) is 0 Å². The second-order valence-corrected chi connectivity index (χ2v) is 5.56. The van der Waals surface area contributed by atoms with E-state index in [1.54, 1.807) is 60.7 Å². The van der Waals surface area contributed by atoms with E-state index in [9.17, 15) is 22.8 Å². The minimum Gasteiger partial charge on any atom is -0.460 e. The summed E-state index contributed by atoms with van der Waals surface area (Å²) < 4.78 is 46.2. The minimum absolute atomic E-state index is 0.0858. The molecule has 0 saturated carbocycles. The molecular weight excluding hydrogens is 349 g/mol. The van der Waals surface area contributed by atoms with Gasteiger partial charge in [0.2, 0.25) is 0 Å². The number of hydrogen-bond acceptors (Lipinski definition) is 4. The van der Waals surface area contributed by atoms with Crippen molar-refractivity contribution in [3.8, 4) is 0 Å². The maximum atomic E-state index is 12.3. The first kappa shape index (κ1) is 19.5. The van der Waals surface area contributed by atoms with Crippen LogP contribution in [0, 0.1) is 5.92 Å². The van der Waals surface area contributed by atoms with E-state index >= 15 is 0 Å². The molecule has 138 valence electrons. The van der Waals surface area contributed by atoms with E-state index in [2.05, 4.69) is 4.74 Å². The van der Waals surface area contributed by atoms with Crippen LogP contribution in [0.15, 0.2) is 60.7 Å². The third kappa shape index (κ3) is 6.58. The molecule has 7 heteroatoms. The number of carbonyl (C=O) groups is 2. The molecule has 2 rings (SSSR count). The van der Waals surface area contributed by atoms with Crippen LogP contribution in [-0.2, 0) is 32.1 Å². The lowest BCUT2D eigenvalue weighted by molar-refractivity contribution is -0.191. The average molecular weight is 366 g/mol. The van der Waals surface area contributed by atoms with Crippen molar-refractivity contribution in [2.45, 2.75) is 19.2 Å². The summed E-state index contributed by atoms with van der Waals surface area (Å²) in [7, 11) is 0. The van der Waals surface area contributed by atoms with E-state index in [0.29, 0.717) is 11.1 Å². The summed E-state index contributed by atoms with van der Waals surface area (Å²) in [6.45, 7) is -1.83. The smallest absolute Gasteiger partial charge is 0.422 e. The molecule has 0 aromatic heterocycles. The fourth-order valence-electron chi connectivity index (χ4n) is 2.20. The number of esters is 2. The lowest BCUT2D eigenvalue weighted by Gasteiger charge is -2.16. The SMILES string of the molecule is O=C(OCc1ccccc1)C(Cc1ccccc1)C(=O)OCC(F)(F)F. The zero-order valence-corrected chi connectivity index (χ0v) is 13.7. The van der Waals surface area contributed by atoms with Crippen molar-refractivity contribution in [1.29, 1.82) is 0 Å². The first-order valence-electron chi connectivity index (χ1n) is 7.83. The van der Waals surface area contributed by atoms with Crippen molar-refractivity contribution in [3.05, 3.63) is 71.8 Å². The number of ether oxygens (including phenoxy) is 2. The molecule has 0 aliphatic rings. The summed E-state index contributed by atoms with van der Waals surface area (Å²) >= 11 is 0. The fraction of sp³-hybridized carbons (Fsp3) is 0.263. The van der Waals surface area contributed by atoms with Gasteiger partial charge in [-0.3, -0.25) is 9.59 Å². The molecular formula is C19H17F3O4. The molecule has 1 unspecified atom stereocenters. The maximum absolute atomic E-state index is 12.3. The lowest BCUT2D eigenvalue weighted by atomic mass is 9.99. The molecule has 0 N–H and O–H groups in total. The summed E-state index contributed by atoms with van der Waals surface area (Å²) in [5.41, 5.74) is 1.31. The molecule has 4 nitrogen and oxygen atoms in total. The van der Waals surface area contributed by atoms with Gasteiger partial charge in [-0.25, -0.2) is 0 Å². The predicted octanol–water partition coefficient (Wildman–Crippen LogP) is 3.69. The Balaban J connectivity index is 2.05. The van der Waals surface area contributed by atoms with Gasteiger partial charge < -0.3 is 9.47 Å². The van der Waals surface area contributed by atoms with Crippen LogP contribution in [0.4, 0.5) is 13.2 Å². The van der Waals surface area contributed by atoms with Crippen molar-refractivity contribution in [1.82, 2.24) is 0 Å². The summed E-state index contributed by atoms with van der Waals surface area (Å²) in [5, 5.41) is 0. The van der Waals surface area contributed by atoms with Gasteiger partial charge in [0.05, 0.1) is 0 Å². The molecule has 0 radical (unpaired) electrons. The van der Waals surface area contributed by atoms with Gasteiger partial charge >= 0.3 is 18.1 Å². The van der Waals surface area contributed by atoms with Crippen molar-refractivity contribution >= 4 is 11.9 Å². The topological polar surface area (TPSA) is 52.6 Å². The quantitative estimate of drug-likeness (QED) is 0.554. The van der Waals surface area contributed by atoms with Crippen molar-refractivity contribution in [3.63, 3.8) is 0 Å². The number of hydrogen-bond donors (Lipinski definition) is 0. The zero-order chi connectivity index (χ0) is 19.0. The highest BCUT2D eigenvalue weighted by Crippen LogP contribution is 2.18. The highest BCUT2D eigenvalue weighted by Gasteiger charge is 2.35. The molecule has 0 amide bonds. The number of rotatable bonds is 7. The standard InChI is InChI=1S/C19H17F3O4/c20-19(21,22)13-26-18(24)16(11-14-7-3-1-4-8-14)17(23)25-12-15-9-5-2-6-10-15/h1-10,16H,11-13H2. The van der Waals surface area contributed by atoms with Gasteiger partial charge in [0.25, 0.3) is 0 Å². The molecule has 0 fully saturated rings. The van der Waals surface area contributed by atoms with E-state index in [1.165, 1.54) is 0 Å². The first-order chi connectivity index (χ1) is 12.3. The molecule has 0 aliphatic heterocycles. The van der Waals surface area contributed by atoms with Crippen LogP contribution in [-0.4, -0.2) is 24.7 Å². The molecule has 0 bridgehead atoms. The third-order valence-electron chi connectivity index (χ3n) is 3.45. The Hall–Kier alpha value is -2.83. The normalized spacial score (nSPS) is 12.3. The monoisotopic (exact) mass is 366 g/mol. The van der Waals surface area contributed by atoms with Crippen LogP contribution in [0.2, 0.25) is 0 Å². The molecule has 26 heavy (non-hydrogen) atoms. The first-order valence-corrected chi connectivity index (χ1v) is 7.83. The summed E-state index contributed by atoms with van der Waals surface area (Å²) in [6.07, 6.45) is -4.77.